The lowest BCUT2D eigenvalue weighted by Gasteiger charge is -2.09. The molecule has 2 amide bonds. The zero-order valence-corrected chi connectivity index (χ0v) is 17.9. The molecule has 3 aromatic carbocycles. The summed E-state index contributed by atoms with van der Waals surface area (Å²) in [5.41, 5.74) is 4.64. The van der Waals surface area contributed by atoms with E-state index in [9.17, 15) is 14.0 Å². The van der Waals surface area contributed by atoms with Crippen molar-refractivity contribution in [2.45, 2.75) is 6.61 Å². The van der Waals surface area contributed by atoms with Crippen LogP contribution < -0.4 is 15.5 Å². The number of rotatable bonds is 8. The van der Waals surface area contributed by atoms with Crippen LogP contribution in [0.2, 0.25) is 0 Å². The number of para-hydroxylation sites is 1. The second-order valence-corrected chi connectivity index (χ2v) is 7.16. The molecule has 0 aliphatic carbocycles. The molecule has 34 heavy (non-hydrogen) atoms. The van der Waals surface area contributed by atoms with E-state index >= 15 is 0 Å². The molecule has 8 heteroatoms. The number of carbonyl (C=O) groups excluding carboxylic acids is 2. The smallest absolute Gasteiger partial charge is 0.291 e. The summed E-state index contributed by atoms with van der Waals surface area (Å²) in [4.78, 5) is 24.8. The molecule has 1 heterocycles. The van der Waals surface area contributed by atoms with E-state index in [1.54, 1.807) is 66.7 Å². The minimum atomic E-state index is -0.481. The first-order valence-electron chi connectivity index (χ1n) is 10.3. The first-order chi connectivity index (χ1) is 16.6. The van der Waals surface area contributed by atoms with Gasteiger partial charge in [0.15, 0.2) is 5.76 Å². The lowest BCUT2D eigenvalue weighted by Crippen LogP contribution is -2.21. The molecule has 0 saturated heterocycles. The van der Waals surface area contributed by atoms with Gasteiger partial charge in [0.05, 0.1) is 23.7 Å². The fraction of sp³-hybridized carbons (Fsp3) is 0.0385. The van der Waals surface area contributed by atoms with Gasteiger partial charge >= 0.3 is 0 Å². The summed E-state index contributed by atoms with van der Waals surface area (Å²) in [6.45, 7) is 0.319. The lowest BCUT2D eigenvalue weighted by atomic mass is 10.1. The highest BCUT2D eigenvalue weighted by Crippen LogP contribution is 2.17. The normalized spacial score (nSPS) is 10.7. The highest BCUT2D eigenvalue weighted by atomic mass is 19.1. The second kappa shape index (κ2) is 10.7. The molecule has 0 bridgehead atoms. The number of nitrogens with one attached hydrogen (secondary N) is 2. The van der Waals surface area contributed by atoms with E-state index in [2.05, 4.69) is 15.8 Å². The average Bonchev–Trinajstić information content (AvgIpc) is 3.40. The molecule has 0 fully saturated rings. The molecule has 0 radical (unpaired) electrons. The maximum absolute atomic E-state index is 13.0. The molecule has 0 aliphatic heterocycles. The van der Waals surface area contributed by atoms with Gasteiger partial charge in [-0.05, 0) is 71.8 Å². The number of carbonyl (C=O) groups is 2. The Labute approximate surface area is 194 Å². The average molecular weight is 457 g/mol. The minimum Gasteiger partial charge on any atom is -0.489 e. The second-order valence-electron chi connectivity index (χ2n) is 7.16. The van der Waals surface area contributed by atoms with Crippen LogP contribution in [0.25, 0.3) is 0 Å². The fourth-order valence-corrected chi connectivity index (χ4v) is 3.00. The summed E-state index contributed by atoms with van der Waals surface area (Å²) < 4.78 is 23.7. The Balaban J connectivity index is 1.32. The summed E-state index contributed by atoms with van der Waals surface area (Å²) in [7, 11) is 0. The molecule has 2 N–H and O–H groups in total. The van der Waals surface area contributed by atoms with E-state index in [0.29, 0.717) is 18.0 Å². The maximum atomic E-state index is 13.0. The zero-order valence-electron chi connectivity index (χ0n) is 17.9. The Morgan fingerprint density at radius 2 is 1.68 bits per heavy atom. The van der Waals surface area contributed by atoms with Gasteiger partial charge in [0.25, 0.3) is 11.8 Å². The van der Waals surface area contributed by atoms with Gasteiger partial charge in [-0.3, -0.25) is 9.59 Å². The molecule has 7 nitrogen and oxygen atoms in total. The van der Waals surface area contributed by atoms with Crippen molar-refractivity contribution in [3.05, 3.63) is 119 Å². The van der Waals surface area contributed by atoms with Crippen LogP contribution in [0.15, 0.2) is 101 Å². The van der Waals surface area contributed by atoms with Crippen LogP contribution in [0, 0.1) is 5.82 Å². The molecular weight excluding hydrogens is 437 g/mol. The molecule has 0 spiro atoms. The van der Waals surface area contributed by atoms with Crippen LogP contribution in [-0.2, 0) is 6.61 Å². The van der Waals surface area contributed by atoms with Crippen LogP contribution in [0.1, 0.15) is 32.0 Å². The molecule has 170 valence electrons. The Hall–Kier alpha value is -4.72. The number of ether oxygens (including phenoxy) is 1. The van der Waals surface area contributed by atoms with Gasteiger partial charge in [-0.15, -0.1) is 0 Å². The number of halogens is 1. The third-order valence-electron chi connectivity index (χ3n) is 4.74. The largest absolute Gasteiger partial charge is 0.489 e. The van der Waals surface area contributed by atoms with Crippen molar-refractivity contribution in [3.8, 4) is 5.75 Å². The first-order valence-corrected chi connectivity index (χ1v) is 10.3. The molecule has 4 rings (SSSR count). The van der Waals surface area contributed by atoms with Gasteiger partial charge in [-0.25, -0.2) is 9.82 Å². The SMILES string of the molecule is O=C(Nc1ccccc1C(=O)N/N=C\c1ccc(OCc2ccc(F)cc2)cc1)c1ccco1. The zero-order chi connectivity index (χ0) is 23.8. The summed E-state index contributed by atoms with van der Waals surface area (Å²) in [6.07, 6.45) is 2.89. The lowest BCUT2D eigenvalue weighted by molar-refractivity contribution is 0.0956. The topological polar surface area (TPSA) is 92.9 Å². The third kappa shape index (κ3) is 5.95. The Bertz CT molecular complexity index is 1280. The Kier molecular flexibility index (Phi) is 7.09. The van der Waals surface area contributed by atoms with Crippen LogP contribution >= 0.6 is 0 Å². The quantitative estimate of drug-likeness (QED) is 0.287. The van der Waals surface area contributed by atoms with Crippen LogP contribution in [0.4, 0.5) is 10.1 Å². The fourth-order valence-electron chi connectivity index (χ4n) is 3.00. The molecule has 0 unspecified atom stereocenters. The van der Waals surface area contributed by atoms with Crippen molar-refractivity contribution in [2.75, 3.05) is 5.32 Å². The van der Waals surface area contributed by atoms with Crippen LogP contribution in [-0.4, -0.2) is 18.0 Å². The van der Waals surface area contributed by atoms with Crippen molar-refractivity contribution in [1.29, 1.82) is 0 Å². The Morgan fingerprint density at radius 3 is 2.41 bits per heavy atom. The monoisotopic (exact) mass is 457 g/mol. The molecular formula is C26H20FN3O4. The standard InChI is InChI=1S/C26H20FN3O4/c27-20-11-7-19(8-12-20)17-34-21-13-9-18(10-14-21)16-28-30-25(31)22-4-1-2-5-23(22)29-26(32)24-6-3-15-33-24/h1-16H,17H2,(H,29,32)(H,30,31)/b28-16-. The number of hydrogen-bond acceptors (Lipinski definition) is 5. The predicted octanol–water partition coefficient (Wildman–Crippen LogP) is 5.01. The number of anilines is 1. The molecule has 1 aromatic heterocycles. The number of hydrogen-bond donors (Lipinski definition) is 2. The summed E-state index contributed by atoms with van der Waals surface area (Å²) >= 11 is 0. The maximum Gasteiger partial charge on any atom is 0.291 e. The van der Waals surface area contributed by atoms with Gasteiger partial charge < -0.3 is 14.5 Å². The highest BCUT2D eigenvalue weighted by molar-refractivity contribution is 6.07. The van der Waals surface area contributed by atoms with E-state index in [0.717, 1.165) is 11.1 Å². The van der Waals surface area contributed by atoms with E-state index in [1.807, 2.05) is 0 Å². The van der Waals surface area contributed by atoms with Gasteiger partial charge in [0.1, 0.15) is 18.2 Å². The number of furan rings is 1. The molecule has 4 aromatic rings. The van der Waals surface area contributed by atoms with Gasteiger partial charge in [-0.2, -0.15) is 5.10 Å². The van der Waals surface area contributed by atoms with Crippen molar-refractivity contribution < 1.29 is 23.1 Å². The number of nitrogens with zero attached hydrogens (tertiary/aromatic N) is 1. The van der Waals surface area contributed by atoms with Crippen LogP contribution in [0.5, 0.6) is 5.75 Å². The number of hydrazone groups is 1. The van der Waals surface area contributed by atoms with Crippen molar-refractivity contribution >= 4 is 23.7 Å². The number of benzene rings is 3. The van der Waals surface area contributed by atoms with Crippen molar-refractivity contribution in [1.82, 2.24) is 5.43 Å². The van der Waals surface area contributed by atoms with E-state index in [4.69, 9.17) is 9.15 Å². The van der Waals surface area contributed by atoms with Crippen molar-refractivity contribution in [2.24, 2.45) is 5.10 Å². The summed E-state index contributed by atoms with van der Waals surface area (Å²) in [5.74, 6) is -0.451. The number of amides is 2. The van der Waals surface area contributed by atoms with E-state index < -0.39 is 11.8 Å². The van der Waals surface area contributed by atoms with E-state index in [-0.39, 0.29) is 17.1 Å². The van der Waals surface area contributed by atoms with Crippen molar-refractivity contribution in [3.63, 3.8) is 0 Å². The highest BCUT2D eigenvalue weighted by Gasteiger charge is 2.15. The summed E-state index contributed by atoms with van der Waals surface area (Å²) in [6, 6.07) is 22.9. The third-order valence-corrected chi connectivity index (χ3v) is 4.74. The minimum absolute atomic E-state index is 0.137. The predicted molar refractivity (Wildman–Crippen MR) is 125 cm³/mol. The van der Waals surface area contributed by atoms with Gasteiger partial charge in [0, 0.05) is 0 Å². The summed E-state index contributed by atoms with van der Waals surface area (Å²) in [5, 5.41) is 6.64. The van der Waals surface area contributed by atoms with Crippen LogP contribution in [0.3, 0.4) is 0 Å². The molecule has 0 aliphatic rings. The van der Waals surface area contributed by atoms with Gasteiger partial charge in [-0.1, -0.05) is 24.3 Å². The molecule has 0 saturated carbocycles. The molecule has 0 atom stereocenters. The Morgan fingerprint density at radius 1 is 0.912 bits per heavy atom. The first kappa shape index (κ1) is 22.5. The van der Waals surface area contributed by atoms with Gasteiger partial charge in [0.2, 0.25) is 0 Å². The van der Waals surface area contributed by atoms with E-state index in [1.165, 1.54) is 30.7 Å².